The van der Waals surface area contributed by atoms with Gasteiger partial charge in [-0.15, -0.1) is 22.7 Å². The van der Waals surface area contributed by atoms with Gasteiger partial charge in [-0.05, 0) is 41.1 Å². The van der Waals surface area contributed by atoms with Gasteiger partial charge in [0.15, 0.2) is 11.5 Å². The number of hydrogen-bond donors (Lipinski definition) is 2. The summed E-state index contributed by atoms with van der Waals surface area (Å²) in [5.41, 5.74) is 2.81. The molecule has 0 unspecified atom stereocenters. The van der Waals surface area contributed by atoms with Crippen LogP contribution in [0.25, 0.3) is 32.5 Å². The topological polar surface area (TPSA) is 58.1 Å². The first kappa shape index (κ1) is 15.0. The molecule has 1 aromatic carbocycles. The largest absolute Gasteiger partial charge is 0.504 e. The first-order valence-corrected chi connectivity index (χ1v) is 9.07. The van der Waals surface area contributed by atoms with Gasteiger partial charge in [0.2, 0.25) is 0 Å². The fourth-order valence-electron chi connectivity index (χ4n) is 2.53. The summed E-state index contributed by atoms with van der Waals surface area (Å²) in [6.07, 6.45) is 0. The molecule has 0 aliphatic heterocycles. The summed E-state index contributed by atoms with van der Waals surface area (Å²) < 4.78 is 5.20. The van der Waals surface area contributed by atoms with E-state index in [9.17, 15) is 5.11 Å². The van der Waals surface area contributed by atoms with Gasteiger partial charge >= 0.3 is 0 Å². The lowest BCUT2D eigenvalue weighted by molar-refractivity contribution is 0.373. The molecule has 4 rings (SSSR count). The smallest absolute Gasteiger partial charge is 0.161 e. The van der Waals surface area contributed by atoms with E-state index in [1.165, 1.54) is 7.11 Å². The van der Waals surface area contributed by atoms with Gasteiger partial charge in [0.25, 0.3) is 0 Å². The van der Waals surface area contributed by atoms with Gasteiger partial charge in [0, 0.05) is 5.56 Å². The molecule has 3 heterocycles. The van der Waals surface area contributed by atoms with E-state index in [2.05, 4.69) is 22.5 Å². The summed E-state index contributed by atoms with van der Waals surface area (Å²) in [5.74, 6) is 1.30. The highest BCUT2D eigenvalue weighted by Crippen LogP contribution is 2.38. The lowest BCUT2D eigenvalue weighted by Crippen LogP contribution is -1.86. The highest BCUT2D eigenvalue weighted by molar-refractivity contribution is 7.14. The predicted octanol–water partition coefficient (Wildman–Crippen LogP) is 5.25. The van der Waals surface area contributed by atoms with Crippen LogP contribution in [0.5, 0.6) is 11.5 Å². The molecule has 0 aliphatic rings. The van der Waals surface area contributed by atoms with E-state index in [4.69, 9.17) is 9.72 Å². The second-order valence-corrected chi connectivity index (χ2v) is 7.05. The van der Waals surface area contributed by atoms with Crippen molar-refractivity contribution in [3.05, 3.63) is 53.2 Å². The van der Waals surface area contributed by atoms with Gasteiger partial charge in [-0.1, -0.05) is 12.1 Å². The van der Waals surface area contributed by atoms with Crippen molar-refractivity contribution in [2.45, 2.75) is 0 Å². The van der Waals surface area contributed by atoms with E-state index in [0.717, 1.165) is 32.5 Å². The third kappa shape index (κ3) is 2.60. The van der Waals surface area contributed by atoms with Crippen LogP contribution in [-0.2, 0) is 0 Å². The summed E-state index contributed by atoms with van der Waals surface area (Å²) in [6.45, 7) is 0. The van der Waals surface area contributed by atoms with Crippen LogP contribution in [0.15, 0.2) is 53.2 Å². The van der Waals surface area contributed by atoms with Crippen LogP contribution in [0.3, 0.4) is 0 Å². The van der Waals surface area contributed by atoms with Crippen molar-refractivity contribution in [2.24, 2.45) is 0 Å². The molecule has 0 bridgehead atoms. The third-order valence-corrected chi connectivity index (χ3v) is 5.44. The zero-order valence-corrected chi connectivity index (χ0v) is 14.4. The summed E-state index contributed by atoms with van der Waals surface area (Å²) in [4.78, 5) is 10.5. The molecule has 3 aromatic heterocycles. The van der Waals surface area contributed by atoms with E-state index in [1.807, 2.05) is 23.6 Å². The molecule has 4 aromatic rings. The maximum Gasteiger partial charge on any atom is 0.161 e. The number of ether oxygens (including phenoxy) is 1. The van der Waals surface area contributed by atoms with Crippen molar-refractivity contribution in [1.82, 2.24) is 9.97 Å². The maximum atomic E-state index is 9.79. The second-order valence-electron chi connectivity index (χ2n) is 5.15. The number of phenolic OH excluding ortho intramolecular Hbond substituents is 1. The number of thiophene rings is 2. The third-order valence-electron chi connectivity index (χ3n) is 3.68. The highest BCUT2D eigenvalue weighted by atomic mass is 32.1. The van der Waals surface area contributed by atoms with Crippen LogP contribution in [0.4, 0.5) is 0 Å². The van der Waals surface area contributed by atoms with E-state index in [0.29, 0.717) is 5.75 Å². The van der Waals surface area contributed by atoms with Crippen LogP contribution in [0.2, 0.25) is 0 Å². The standard InChI is InChI=1S/C18H14N2O2S2/c1-22-13-10-11(6-7-12(13)21)18-19-16(14-4-2-8-23-14)17(20-18)15-5-3-9-24-15/h2-10,21H,1H3,(H,19,20). The molecule has 120 valence electrons. The maximum absolute atomic E-state index is 9.79. The minimum absolute atomic E-state index is 0.116. The van der Waals surface area contributed by atoms with Gasteiger partial charge in [0.1, 0.15) is 11.5 Å². The van der Waals surface area contributed by atoms with Crippen LogP contribution in [0.1, 0.15) is 0 Å². The van der Waals surface area contributed by atoms with Crippen molar-refractivity contribution in [1.29, 1.82) is 0 Å². The molecule has 2 N–H and O–H groups in total. The van der Waals surface area contributed by atoms with Gasteiger partial charge in [0.05, 0.1) is 22.6 Å². The number of aromatic nitrogens is 2. The Bertz CT molecular complexity index is 906. The average molecular weight is 354 g/mol. The number of benzene rings is 1. The fourth-order valence-corrected chi connectivity index (χ4v) is 3.97. The first-order valence-electron chi connectivity index (χ1n) is 7.31. The van der Waals surface area contributed by atoms with Gasteiger partial charge in [-0.25, -0.2) is 4.98 Å². The number of imidazole rings is 1. The Hall–Kier alpha value is -2.57. The molecule has 4 nitrogen and oxygen atoms in total. The molecule has 0 spiro atoms. The minimum Gasteiger partial charge on any atom is -0.504 e. The zero-order chi connectivity index (χ0) is 16.5. The summed E-state index contributed by atoms with van der Waals surface area (Å²) in [6, 6.07) is 13.4. The predicted molar refractivity (Wildman–Crippen MR) is 98.9 cm³/mol. The number of rotatable bonds is 4. The first-order chi connectivity index (χ1) is 11.8. The normalized spacial score (nSPS) is 10.9. The van der Waals surface area contributed by atoms with E-state index in [-0.39, 0.29) is 5.75 Å². The Labute approximate surface area is 147 Å². The summed E-state index contributed by atoms with van der Waals surface area (Å²) in [7, 11) is 1.54. The Balaban J connectivity index is 1.87. The molecule has 6 heteroatoms. The van der Waals surface area contributed by atoms with Gasteiger partial charge < -0.3 is 14.8 Å². The van der Waals surface area contributed by atoms with Gasteiger partial charge in [-0.3, -0.25) is 0 Å². The lowest BCUT2D eigenvalue weighted by atomic mass is 10.2. The SMILES string of the molecule is COc1cc(-c2nc(-c3cccs3)c(-c3cccs3)[nH]2)ccc1O. The Morgan fingerprint density at radius 1 is 1.04 bits per heavy atom. The van der Waals surface area contributed by atoms with Crippen molar-refractivity contribution in [3.63, 3.8) is 0 Å². The lowest BCUT2D eigenvalue weighted by Gasteiger charge is -2.04. The van der Waals surface area contributed by atoms with E-state index in [1.54, 1.807) is 34.8 Å². The van der Waals surface area contributed by atoms with Crippen LogP contribution in [-0.4, -0.2) is 22.2 Å². The molecular weight excluding hydrogens is 340 g/mol. The van der Waals surface area contributed by atoms with Crippen molar-refractivity contribution >= 4 is 22.7 Å². The highest BCUT2D eigenvalue weighted by Gasteiger charge is 2.17. The van der Waals surface area contributed by atoms with Crippen LogP contribution < -0.4 is 4.74 Å². The van der Waals surface area contributed by atoms with Gasteiger partial charge in [-0.2, -0.15) is 0 Å². The molecule has 0 atom stereocenters. The number of hydrogen-bond acceptors (Lipinski definition) is 5. The molecule has 0 saturated heterocycles. The van der Waals surface area contributed by atoms with E-state index < -0.39 is 0 Å². The molecule has 0 amide bonds. The Morgan fingerprint density at radius 3 is 2.46 bits per heavy atom. The number of nitrogens with zero attached hydrogens (tertiary/aromatic N) is 1. The average Bonchev–Trinajstić information content (AvgIpc) is 3.34. The molecular formula is C18H14N2O2S2. The minimum atomic E-state index is 0.116. The zero-order valence-electron chi connectivity index (χ0n) is 12.8. The monoisotopic (exact) mass is 354 g/mol. The fraction of sp³-hybridized carbons (Fsp3) is 0.0556. The van der Waals surface area contributed by atoms with Crippen LogP contribution in [0, 0.1) is 0 Å². The summed E-state index contributed by atoms with van der Waals surface area (Å²) in [5, 5.41) is 13.9. The summed E-state index contributed by atoms with van der Waals surface area (Å²) >= 11 is 3.34. The Kier molecular flexibility index (Phi) is 3.84. The number of aromatic hydroxyl groups is 1. The molecule has 0 fully saturated rings. The quantitative estimate of drug-likeness (QED) is 0.526. The number of nitrogens with one attached hydrogen (secondary N) is 1. The number of phenols is 1. The van der Waals surface area contributed by atoms with Crippen molar-refractivity contribution < 1.29 is 9.84 Å². The van der Waals surface area contributed by atoms with Crippen LogP contribution >= 0.6 is 22.7 Å². The number of aromatic amines is 1. The number of methoxy groups -OCH3 is 1. The van der Waals surface area contributed by atoms with Crippen molar-refractivity contribution in [3.8, 4) is 44.0 Å². The molecule has 0 radical (unpaired) electrons. The second kappa shape index (κ2) is 6.14. The molecule has 24 heavy (non-hydrogen) atoms. The van der Waals surface area contributed by atoms with E-state index >= 15 is 0 Å². The molecule has 0 saturated carbocycles. The van der Waals surface area contributed by atoms with Crippen molar-refractivity contribution in [2.75, 3.05) is 7.11 Å². The Morgan fingerprint density at radius 2 is 1.79 bits per heavy atom. The molecule has 0 aliphatic carbocycles. The number of H-pyrrole nitrogens is 1.